The number of nitrogens with one attached hydrogen (secondary N) is 1. The van der Waals surface area contributed by atoms with Crippen LogP contribution in [-0.2, 0) is 6.54 Å². The highest BCUT2D eigenvalue weighted by molar-refractivity contribution is 5.69. The second kappa shape index (κ2) is 4.68. The first kappa shape index (κ1) is 12.2. The fraction of sp³-hybridized carbons (Fsp3) is 0.615. The maximum Gasteiger partial charge on any atom is 0.330 e. The standard InChI is InChI=1S/C13H18N4O2/c1-2-16-8-14-10-11(18)15-13(19)17(12(10)16)9-6-4-3-5-7-9/h8-9H,2-7H2,1H3,(H,15,18,19). The molecule has 1 N–H and O–H groups in total. The van der Waals surface area contributed by atoms with Gasteiger partial charge in [0, 0.05) is 12.6 Å². The van der Waals surface area contributed by atoms with Gasteiger partial charge in [0.15, 0.2) is 5.52 Å². The van der Waals surface area contributed by atoms with Crippen molar-refractivity contribution in [3.05, 3.63) is 27.2 Å². The summed E-state index contributed by atoms with van der Waals surface area (Å²) in [6.45, 7) is 2.68. The van der Waals surface area contributed by atoms with Crippen molar-refractivity contribution in [1.29, 1.82) is 0 Å². The van der Waals surface area contributed by atoms with Crippen molar-refractivity contribution in [2.24, 2.45) is 0 Å². The van der Waals surface area contributed by atoms with E-state index in [-0.39, 0.29) is 17.3 Å². The van der Waals surface area contributed by atoms with Gasteiger partial charge in [-0.3, -0.25) is 14.3 Å². The Kier molecular flexibility index (Phi) is 3.00. The average molecular weight is 262 g/mol. The van der Waals surface area contributed by atoms with Gasteiger partial charge in [-0.25, -0.2) is 9.78 Å². The van der Waals surface area contributed by atoms with E-state index in [1.165, 1.54) is 6.42 Å². The fourth-order valence-electron chi connectivity index (χ4n) is 3.01. The first-order valence-corrected chi connectivity index (χ1v) is 6.92. The van der Waals surface area contributed by atoms with Crippen molar-refractivity contribution in [2.45, 2.75) is 51.6 Å². The molecule has 3 rings (SSSR count). The number of hydrogen-bond donors (Lipinski definition) is 1. The summed E-state index contributed by atoms with van der Waals surface area (Å²) in [5.74, 6) is 0. The Labute approximate surface area is 110 Å². The summed E-state index contributed by atoms with van der Waals surface area (Å²) in [5.41, 5.74) is 0.342. The molecule has 0 atom stereocenters. The second-order valence-electron chi connectivity index (χ2n) is 5.12. The zero-order valence-corrected chi connectivity index (χ0v) is 11.1. The maximum absolute atomic E-state index is 12.2. The first-order valence-electron chi connectivity index (χ1n) is 6.92. The molecule has 1 aliphatic carbocycles. The van der Waals surface area contributed by atoms with Crippen molar-refractivity contribution in [1.82, 2.24) is 19.1 Å². The molecule has 2 aromatic heterocycles. The van der Waals surface area contributed by atoms with Crippen LogP contribution in [0.2, 0.25) is 0 Å². The lowest BCUT2D eigenvalue weighted by Crippen LogP contribution is -2.34. The van der Waals surface area contributed by atoms with Gasteiger partial charge in [-0.05, 0) is 19.8 Å². The van der Waals surface area contributed by atoms with Crippen LogP contribution in [0.25, 0.3) is 11.2 Å². The second-order valence-corrected chi connectivity index (χ2v) is 5.12. The van der Waals surface area contributed by atoms with Crippen molar-refractivity contribution < 1.29 is 0 Å². The van der Waals surface area contributed by atoms with E-state index in [4.69, 9.17) is 0 Å². The number of hydrogen-bond acceptors (Lipinski definition) is 3. The highest BCUT2D eigenvalue weighted by atomic mass is 16.2. The molecule has 102 valence electrons. The first-order chi connectivity index (χ1) is 9.22. The van der Waals surface area contributed by atoms with E-state index >= 15 is 0 Å². The zero-order valence-electron chi connectivity index (χ0n) is 11.1. The molecular formula is C13H18N4O2. The maximum atomic E-state index is 12.2. The number of H-pyrrole nitrogens is 1. The third kappa shape index (κ3) is 1.91. The van der Waals surface area contributed by atoms with Crippen LogP contribution >= 0.6 is 0 Å². The molecule has 1 fully saturated rings. The third-order valence-electron chi connectivity index (χ3n) is 3.97. The minimum Gasteiger partial charge on any atom is -0.317 e. The molecular weight excluding hydrogens is 244 g/mol. The molecule has 1 aliphatic rings. The van der Waals surface area contributed by atoms with Gasteiger partial charge in [0.25, 0.3) is 5.56 Å². The quantitative estimate of drug-likeness (QED) is 0.889. The van der Waals surface area contributed by atoms with Crippen LogP contribution in [0.1, 0.15) is 45.1 Å². The Balaban J connectivity index is 2.29. The lowest BCUT2D eigenvalue weighted by atomic mass is 9.95. The number of aryl methyl sites for hydroxylation is 1. The number of nitrogens with zero attached hydrogens (tertiary/aromatic N) is 3. The minimum absolute atomic E-state index is 0.183. The van der Waals surface area contributed by atoms with E-state index in [1.807, 2.05) is 11.5 Å². The Morgan fingerprint density at radius 2 is 2.05 bits per heavy atom. The predicted molar refractivity (Wildman–Crippen MR) is 72.4 cm³/mol. The zero-order chi connectivity index (χ0) is 13.4. The molecule has 6 nitrogen and oxygen atoms in total. The lowest BCUT2D eigenvalue weighted by Gasteiger charge is -2.24. The molecule has 0 spiro atoms. The van der Waals surface area contributed by atoms with Crippen LogP contribution < -0.4 is 11.2 Å². The smallest absolute Gasteiger partial charge is 0.317 e. The largest absolute Gasteiger partial charge is 0.330 e. The molecule has 2 heterocycles. The van der Waals surface area contributed by atoms with Crippen LogP contribution in [0.3, 0.4) is 0 Å². The van der Waals surface area contributed by atoms with Gasteiger partial charge < -0.3 is 4.57 Å². The Morgan fingerprint density at radius 3 is 2.74 bits per heavy atom. The van der Waals surface area contributed by atoms with Crippen molar-refractivity contribution in [2.75, 3.05) is 0 Å². The molecule has 2 aromatic rings. The van der Waals surface area contributed by atoms with E-state index < -0.39 is 0 Å². The molecule has 0 saturated heterocycles. The van der Waals surface area contributed by atoms with Gasteiger partial charge in [0.1, 0.15) is 5.65 Å². The van der Waals surface area contributed by atoms with Crippen molar-refractivity contribution in [3.8, 4) is 0 Å². The van der Waals surface area contributed by atoms with E-state index in [0.29, 0.717) is 17.7 Å². The van der Waals surface area contributed by atoms with Crippen LogP contribution in [0.15, 0.2) is 15.9 Å². The van der Waals surface area contributed by atoms with Crippen LogP contribution in [0.4, 0.5) is 0 Å². The van der Waals surface area contributed by atoms with Gasteiger partial charge in [0.05, 0.1) is 6.33 Å². The third-order valence-corrected chi connectivity index (χ3v) is 3.97. The lowest BCUT2D eigenvalue weighted by molar-refractivity contribution is 0.347. The monoisotopic (exact) mass is 262 g/mol. The van der Waals surface area contributed by atoms with Gasteiger partial charge in [-0.2, -0.15) is 0 Å². The molecule has 0 aliphatic heterocycles. The number of imidazole rings is 1. The van der Waals surface area contributed by atoms with E-state index in [9.17, 15) is 9.59 Å². The molecule has 19 heavy (non-hydrogen) atoms. The number of rotatable bonds is 2. The van der Waals surface area contributed by atoms with Crippen molar-refractivity contribution >= 4 is 11.2 Å². The average Bonchev–Trinajstić information content (AvgIpc) is 2.84. The van der Waals surface area contributed by atoms with Crippen LogP contribution in [-0.4, -0.2) is 19.1 Å². The summed E-state index contributed by atoms with van der Waals surface area (Å²) < 4.78 is 3.62. The Bertz CT molecular complexity index is 703. The molecule has 6 heteroatoms. The van der Waals surface area contributed by atoms with Gasteiger partial charge >= 0.3 is 5.69 Å². The highest BCUT2D eigenvalue weighted by Crippen LogP contribution is 2.28. The fourth-order valence-corrected chi connectivity index (χ4v) is 3.01. The molecule has 1 saturated carbocycles. The molecule has 0 radical (unpaired) electrons. The van der Waals surface area contributed by atoms with E-state index in [1.54, 1.807) is 10.9 Å². The van der Waals surface area contributed by atoms with Gasteiger partial charge in [-0.1, -0.05) is 19.3 Å². The Hall–Kier alpha value is -1.85. The summed E-state index contributed by atoms with van der Waals surface area (Å²) in [6.07, 6.45) is 7.13. The molecule has 0 unspecified atom stereocenters. The normalized spacial score (nSPS) is 17.1. The van der Waals surface area contributed by atoms with Crippen LogP contribution in [0, 0.1) is 0 Å². The molecule has 0 aromatic carbocycles. The summed E-state index contributed by atoms with van der Waals surface area (Å²) in [7, 11) is 0. The number of aromatic amines is 1. The van der Waals surface area contributed by atoms with E-state index in [0.717, 1.165) is 25.7 Å². The number of aromatic nitrogens is 4. The topological polar surface area (TPSA) is 72.7 Å². The summed E-state index contributed by atoms with van der Waals surface area (Å²) >= 11 is 0. The summed E-state index contributed by atoms with van der Waals surface area (Å²) in [5, 5.41) is 0. The highest BCUT2D eigenvalue weighted by Gasteiger charge is 2.21. The SMILES string of the molecule is CCn1cnc2c(=O)[nH]c(=O)n(C3CCCCC3)c21. The predicted octanol–water partition coefficient (Wildman–Crippen LogP) is 1.41. The van der Waals surface area contributed by atoms with Crippen molar-refractivity contribution in [3.63, 3.8) is 0 Å². The molecule has 0 amide bonds. The van der Waals surface area contributed by atoms with Gasteiger partial charge in [-0.15, -0.1) is 0 Å². The van der Waals surface area contributed by atoms with Crippen LogP contribution in [0.5, 0.6) is 0 Å². The summed E-state index contributed by atoms with van der Waals surface area (Å²) in [4.78, 5) is 30.5. The number of fused-ring (bicyclic) bond motifs is 1. The van der Waals surface area contributed by atoms with E-state index in [2.05, 4.69) is 9.97 Å². The summed E-state index contributed by atoms with van der Waals surface area (Å²) in [6, 6.07) is 0.183. The molecule has 0 bridgehead atoms. The minimum atomic E-state index is -0.390. The Morgan fingerprint density at radius 1 is 1.32 bits per heavy atom. The van der Waals surface area contributed by atoms with Gasteiger partial charge in [0.2, 0.25) is 0 Å².